The van der Waals surface area contributed by atoms with Crippen LogP contribution in [0.4, 0.5) is 9.59 Å². The second-order valence-corrected chi connectivity index (χ2v) is 17.5. The van der Waals surface area contributed by atoms with Gasteiger partial charge >= 0.3 is 12.2 Å². The van der Waals surface area contributed by atoms with Gasteiger partial charge in [0.25, 0.3) is 0 Å². The molecule has 7 heterocycles. The summed E-state index contributed by atoms with van der Waals surface area (Å²) in [6.07, 6.45) is 6.49. The summed E-state index contributed by atoms with van der Waals surface area (Å²) >= 11 is 0. The number of likely N-dealkylation sites (tertiary alicyclic amines) is 2. The Hall–Kier alpha value is -6.20. The molecular formula is C47H54N8O9. The maximum Gasteiger partial charge on any atom is 0.407 e. The second kappa shape index (κ2) is 17.8. The van der Waals surface area contributed by atoms with Crippen LogP contribution < -0.4 is 15.4 Å². The lowest BCUT2D eigenvalue weighted by molar-refractivity contribution is -0.137. The molecule has 5 aliphatic heterocycles. The van der Waals surface area contributed by atoms with Gasteiger partial charge in [-0.2, -0.15) is 0 Å². The van der Waals surface area contributed by atoms with Crippen molar-refractivity contribution in [3.63, 3.8) is 0 Å². The summed E-state index contributed by atoms with van der Waals surface area (Å²) in [5.41, 5.74) is 6.60. The summed E-state index contributed by atoms with van der Waals surface area (Å²) in [5, 5.41) is 7.62. The summed E-state index contributed by atoms with van der Waals surface area (Å²) in [5.74, 6) is 1.87. The zero-order valence-electron chi connectivity index (χ0n) is 36.2. The molecule has 336 valence electrons. The average Bonchev–Trinajstić information content (AvgIpc) is 4.19. The Kier molecular flexibility index (Phi) is 11.6. The topological polar surface area (TPSA) is 202 Å². The third kappa shape index (κ3) is 7.88. The number of benzene rings is 3. The highest BCUT2D eigenvalue weighted by molar-refractivity contribution is 6.07. The van der Waals surface area contributed by atoms with E-state index in [1.54, 1.807) is 0 Å². The number of imidazole rings is 2. The van der Waals surface area contributed by atoms with Crippen molar-refractivity contribution >= 4 is 45.8 Å². The molecule has 4 amide bonds. The highest BCUT2D eigenvalue weighted by Gasteiger charge is 2.42. The number of nitrogens with one attached hydrogen (secondary N) is 4. The fourth-order valence-corrected chi connectivity index (χ4v) is 10.5. The number of H-pyrrole nitrogens is 2. The Morgan fingerprint density at radius 1 is 0.734 bits per heavy atom. The van der Waals surface area contributed by atoms with Crippen molar-refractivity contribution in [3.05, 3.63) is 65.9 Å². The largest absolute Gasteiger partial charge is 0.488 e. The normalized spacial score (nSPS) is 21.2. The van der Waals surface area contributed by atoms with Crippen LogP contribution >= 0.6 is 0 Å². The Balaban J connectivity index is 0.879. The van der Waals surface area contributed by atoms with Crippen molar-refractivity contribution in [2.75, 3.05) is 53.7 Å². The highest BCUT2D eigenvalue weighted by atomic mass is 16.5. The van der Waals surface area contributed by atoms with E-state index in [-0.39, 0.29) is 35.7 Å². The van der Waals surface area contributed by atoms with Gasteiger partial charge < -0.3 is 54.1 Å². The number of amides is 4. The number of carbonyl (C=O) groups excluding carboxylic acids is 4. The van der Waals surface area contributed by atoms with Gasteiger partial charge in [-0.25, -0.2) is 19.6 Å². The van der Waals surface area contributed by atoms with Crippen LogP contribution in [0, 0.1) is 11.8 Å². The third-order valence-electron chi connectivity index (χ3n) is 13.9. The van der Waals surface area contributed by atoms with Crippen molar-refractivity contribution in [3.8, 4) is 28.1 Å². The zero-order chi connectivity index (χ0) is 43.9. The number of alkyl carbamates (subject to hydrolysis) is 2. The van der Waals surface area contributed by atoms with Crippen molar-refractivity contribution in [2.45, 2.75) is 82.1 Å². The number of rotatable bonds is 9. The van der Waals surface area contributed by atoms with Crippen LogP contribution in [0.2, 0.25) is 0 Å². The van der Waals surface area contributed by atoms with Crippen molar-refractivity contribution < 1.29 is 42.9 Å². The summed E-state index contributed by atoms with van der Waals surface area (Å²) in [4.78, 5) is 73.6. The molecule has 10 rings (SSSR count). The first-order valence-electron chi connectivity index (χ1n) is 22.5. The molecule has 4 atom stereocenters. The number of carbonyl (C=O) groups is 4. The molecule has 0 spiro atoms. The molecule has 4 fully saturated rings. The maximum atomic E-state index is 14.2. The molecule has 3 aromatic carbocycles. The summed E-state index contributed by atoms with van der Waals surface area (Å²) in [7, 11) is 2.62. The fraction of sp³-hybridized carbons (Fsp3) is 0.489. The first-order valence-corrected chi connectivity index (χ1v) is 22.5. The monoisotopic (exact) mass is 874 g/mol. The van der Waals surface area contributed by atoms with E-state index in [9.17, 15) is 19.2 Å². The fourth-order valence-electron chi connectivity index (χ4n) is 10.5. The zero-order valence-corrected chi connectivity index (χ0v) is 36.2. The van der Waals surface area contributed by atoms with E-state index in [2.05, 4.69) is 57.0 Å². The van der Waals surface area contributed by atoms with E-state index in [1.807, 2.05) is 22.1 Å². The molecule has 4 saturated heterocycles. The van der Waals surface area contributed by atoms with Gasteiger partial charge in [0.05, 0.1) is 49.2 Å². The summed E-state index contributed by atoms with van der Waals surface area (Å²) < 4.78 is 27.3. The quantitative estimate of drug-likeness (QED) is 0.130. The van der Waals surface area contributed by atoms with Crippen molar-refractivity contribution in [2.24, 2.45) is 11.8 Å². The Bertz CT molecular complexity index is 2580. The number of aromatic nitrogens is 4. The molecule has 17 heteroatoms. The van der Waals surface area contributed by atoms with E-state index in [0.717, 1.165) is 87.0 Å². The van der Waals surface area contributed by atoms with E-state index < -0.39 is 24.3 Å². The number of aromatic amines is 2. The molecular weight excluding hydrogens is 821 g/mol. The first-order chi connectivity index (χ1) is 31.3. The average molecular weight is 875 g/mol. The summed E-state index contributed by atoms with van der Waals surface area (Å²) in [6.45, 7) is 3.73. The number of methoxy groups -OCH3 is 2. The lowest BCUT2D eigenvalue weighted by atomic mass is 9.90. The van der Waals surface area contributed by atoms with Gasteiger partial charge in [-0.1, -0.05) is 18.2 Å². The Morgan fingerprint density at radius 2 is 1.36 bits per heavy atom. The van der Waals surface area contributed by atoms with Gasteiger partial charge in [-0.15, -0.1) is 0 Å². The van der Waals surface area contributed by atoms with Crippen LogP contribution in [0.25, 0.3) is 44.2 Å². The Morgan fingerprint density at radius 3 is 1.98 bits per heavy atom. The van der Waals surface area contributed by atoms with E-state index >= 15 is 0 Å². The van der Waals surface area contributed by atoms with Crippen LogP contribution in [-0.4, -0.2) is 120 Å². The molecule has 5 aromatic rings. The predicted octanol–water partition coefficient (Wildman–Crippen LogP) is 6.30. The summed E-state index contributed by atoms with van der Waals surface area (Å²) in [6, 6.07) is 12.8. The molecule has 4 unspecified atom stereocenters. The van der Waals surface area contributed by atoms with Gasteiger partial charge in [0, 0.05) is 50.5 Å². The van der Waals surface area contributed by atoms with Crippen LogP contribution in [0.3, 0.4) is 0 Å². The van der Waals surface area contributed by atoms with Crippen LogP contribution in [-0.2, 0) is 35.1 Å². The SMILES string of the molecule is COC(=O)NC(C(=O)N1CCCC1c1ncc(-c2ccc3c(c2)COc2cc4c(ccc5[nH]c(C6CCCN6C(=O)C(NC(=O)OC)C6CCOCC6)nc54)cc2-3)[nH]1)C1CCOCC1. The van der Waals surface area contributed by atoms with E-state index in [0.29, 0.717) is 77.6 Å². The lowest BCUT2D eigenvalue weighted by Gasteiger charge is -2.34. The molecule has 0 saturated carbocycles. The first kappa shape index (κ1) is 41.8. The van der Waals surface area contributed by atoms with Gasteiger partial charge in [-0.3, -0.25) is 9.59 Å². The predicted molar refractivity (Wildman–Crippen MR) is 234 cm³/mol. The molecule has 0 bridgehead atoms. The molecule has 0 aliphatic carbocycles. The van der Waals surface area contributed by atoms with Gasteiger partial charge in [-0.05, 0) is 110 Å². The van der Waals surface area contributed by atoms with Gasteiger partial charge in [0.2, 0.25) is 11.8 Å². The van der Waals surface area contributed by atoms with Crippen molar-refractivity contribution in [1.29, 1.82) is 0 Å². The Labute approximate surface area is 369 Å². The minimum atomic E-state index is -0.707. The van der Waals surface area contributed by atoms with Crippen LogP contribution in [0.15, 0.2) is 48.7 Å². The maximum absolute atomic E-state index is 14.2. The number of hydrogen-bond acceptors (Lipinski definition) is 11. The van der Waals surface area contributed by atoms with Gasteiger partial charge in [0.15, 0.2) is 0 Å². The molecule has 2 aromatic heterocycles. The molecule has 64 heavy (non-hydrogen) atoms. The second-order valence-electron chi connectivity index (χ2n) is 17.5. The molecule has 4 N–H and O–H groups in total. The smallest absolute Gasteiger partial charge is 0.407 e. The van der Waals surface area contributed by atoms with Crippen LogP contribution in [0.5, 0.6) is 5.75 Å². The number of fused-ring (bicyclic) bond motifs is 6. The molecule has 17 nitrogen and oxygen atoms in total. The third-order valence-corrected chi connectivity index (χ3v) is 13.9. The van der Waals surface area contributed by atoms with E-state index in [1.165, 1.54) is 14.2 Å². The molecule has 0 radical (unpaired) electrons. The number of nitrogens with zero attached hydrogens (tertiary/aromatic N) is 4. The molecule has 5 aliphatic rings. The minimum Gasteiger partial charge on any atom is -0.488 e. The lowest BCUT2D eigenvalue weighted by Crippen LogP contribution is -2.53. The standard InChI is InChI=1S/C47H54N8O9/c1-60-46(58)52-39(26-11-17-62-18-12-26)44(56)54-15-3-5-36(54)42-48-24-35(50-42)29-7-9-31-30(21-29)25-64-38-23-32-28(22-33(31)38)8-10-34-41(32)51-43(49-34)37-6-4-16-55(37)45(57)40(53-47(59)61-2)27-13-19-63-20-14-27/h7-10,21-24,26-27,36-37,39-40H,3-6,11-20,25H2,1-2H3,(H,48,50)(H,49,51)(H,52,58)(H,53,59). The van der Waals surface area contributed by atoms with Crippen molar-refractivity contribution in [1.82, 2.24) is 40.4 Å². The van der Waals surface area contributed by atoms with Crippen LogP contribution in [0.1, 0.15) is 80.7 Å². The minimum absolute atomic E-state index is 0.0405. The van der Waals surface area contributed by atoms with Gasteiger partial charge in [0.1, 0.15) is 36.1 Å². The number of ether oxygens (including phenoxy) is 5. The highest BCUT2D eigenvalue weighted by Crippen LogP contribution is 2.44. The number of hydrogen-bond donors (Lipinski definition) is 4. The van der Waals surface area contributed by atoms with E-state index in [4.69, 9.17) is 33.7 Å².